The second-order valence-electron chi connectivity index (χ2n) is 10.5. The van der Waals surface area contributed by atoms with Crippen molar-refractivity contribution in [3.05, 3.63) is 52.7 Å². The number of fused-ring (bicyclic) bond motifs is 2. The summed E-state index contributed by atoms with van der Waals surface area (Å²) in [5, 5.41) is 2.55. The van der Waals surface area contributed by atoms with Gasteiger partial charge in [0.2, 0.25) is 5.75 Å². The summed E-state index contributed by atoms with van der Waals surface area (Å²) in [6, 6.07) is 9.20. The fraction of sp³-hybridized carbons (Fsp3) is 0.444. The van der Waals surface area contributed by atoms with Gasteiger partial charge in [0, 0.05) is 17.0 Å². The standard InChI is InChI=1S/C27H34NO/c1-16(2)11-20-9-10-28(8)25-23-18(4)17(3)12-21-13-19(15-27(5,6)7)14-22(24(21)23)29-26(20)25/h9-10,12-14,16H,11,15H2,1-8H3/q+1. The molecule has 2 heteroatoms. The Hall–Kier alpha value is -2.35. The first-order chi connectivity index (χ1) is 13.5. The lowest BCUT2D eigenvalue weighted by atomic mass is 9.84. The Morgan fingerprint density at radius 1 is 1.07 bits per heavy atom. The van der Waals surface area contributed by atoms with Crippen molar-refractivity contribution in [1.82, 2.24) is 0 Å². The maximum atomic E-state index is 6.69. The quantitative estimate of drug-likeness (QED) is 0.350. The molecule has 0 spiro atoms. The van der Waals surface area contributed by atoms with Crippen LogP contribution < -0.4 is 9.30 Å². The molecule has 2 heterocycles. The van der Waals surface area contributed by atoms with Crippen molar-refractivity contribution in [2.75, 3.05) is 0 Å². The van der Waals surface area contributed by atoms with E-state index in [1.165, 1.54) is 44.3 Å². The van der Waals surface area contributed by atoms with Gasteiger partial charge in [0.25, 0.3) is 5.69 Å². The number of aromatic nitrogens is 1. The first-order valence-corrected chi connectivity index (χ1v) is 10.8. The average molecular weight is 389 g/mol. The SMILES string of the molecule is Cc1cc2cc(CC(C)(C)C)cc3c2c(c1C)-c1c(c(CC(C)C)cc[n+]1C)O3. The van der Waals surface area contributed by atoms with E-state index in [0.717, 1.165) is 24.3 Å². The fourth-order valence-electron chi connectivity index (χ4n) is 4.67. The number of hydrogen-bond acceptors (Lipinski definition) is 1. The topological polar surface area (TPSA) is 13.1 Å². The smallest absolute Gasteiger partial charge is 0.256 e. The molecule has 4 rings (SSSR count). The lowest BCUT2D eigenvalue weighted by Crippen LogP contribution is -2.32. The minimum atomic E-state index is 0.241. The zero-order valence-corrected chi connectivity index (χ0v) is 19.2. The Bertz CT molecular complexity index is 1120. The van der Waals surface area contributed by atoms with Crippen molar-refractivity contribution in [2.45, 2.75) is 61.3 Å². The van der Waals surface area contributed by atoms with E-state index >= 15 is 0 Å². The second-order valence-corrected chi connectivity index (χ2v) is 10.5. The van der Waals surface area contributed by atoms with E-state index in [-0.39, 0.29) is 5.41 Å². The number of rotatable bonds is 3. The summed E-state index contributed by atoms with van der Waals surface area (Å²) in [5.41, 5.74) is 8.14. The Morgan fingerprint density at radius 2 is 1.79 bits per heavy atom. The summed E-state index contributed by atoms with van der Waals surface area (Å²) >= 11 is 0. The van der Waals surface area contributed by atoms with Crippen molar-refractivity contribution in [2.24, 2.45) is 18.4 Å². The third-order valence-electron chi connectivity index (χ3n) is 5.95. The molecule has 1 aliphatic heterocycles. The molecule has 0 atom stereocenters. The largest absolute Gasteiger partial charge is 0.449 e. The van der Waals surface area contributed by atoms with Crippen molar-refractivity contribution in [3.8, 4) is 22.8 Å². The van der Waals surface area contributed by atoms with Crippen LogP contribution in [0.3, 0.4) is 0 Å². The highest BCUT2D eigenvalue weighted by molar-refractivity contribution is 6.05. The van der Waals surface area contributed by atoms with Crippen molar-refractivity contribution in [3.63, 3.8) is 0 Å². The molecule has 0 aliphatic carbocycles. The number of aryl methyl sites for hydroxylation is 2. The van der Waals surface area contributed by atoms with Gasteiger partial charge in [-0.2, -0.15) is 4.57 Å². The van der Waals surface area contributed by atoms with Gasteiger partial charge in [0.15, 0.2) is 6.20 Å². The predicted molar refractivity (Wildman–Crippen MR) is 122 cm³/mol. The average Bonchev–Trinajstić information content (AvgIpc) is 2.59. The minimum absolute atomic E-state index is 0.241. The van der Waals surface area contributed by atoms with E-state index < -0.39 is 0 Å². The van der Waals surface area contributed by atoms with Crippen LogP contribution >= 0.6 is 0 Å². The Kier molecular flexibility index (Phi) is 4.72. The van der Waals surface area contributed by atoms with Crippen LogP contribution in [0.25, 0.3) is 22.0 Å². The number of benzene rings is 2. The van der Waals surface area contributed by atoms with Gasteiger partial charge in [-0.3, -0.25) is 0 Å². The van der Waals surface area contributed by atoms with Crippen LogP contribution in [0.1, 0.15) is 56.9 Å². The highest BCUT2D eigenvalue weighted by Crippen LogP contribution is 2.49. The predicted octanol–water partition coefficient (Wildman–Crippen LogP) is 6.84. The molecule has 0 unspecified atom stereocenters. The molecule has 0 fully saturated rings. The summed E-state index contributed by atoms with van der Waals surface area (Å²) in [4.78, 5) is 0. The summed E-state index contributed by atoms with van der Waals surface area (Å²) in [6.45, 7) is 15.9. The summed E-state index contributed by atoms with van der Waals surface area (Å²) in [7, 11) is 2.13. The van der Waals surface area contributed by atoms with Crippen molar-refractivity contribution in [1.29, 1.82) is 0 Å². The van der Waals surface area contributed by atoms with Crippen molar-refractivity contribution < 1.29 is 9.30 Å². The normalized spacial score (nSPS) is 13.0. The Balaban J connectivity index is 2.05. The summed E-state index contributed by atoms with van der Waals surface area (Å²) in [6.07, 6.45) is 4.25. The Morgan fingerprint density at radius 3 is 2.45 bits per heavy atom. The van der Waals surface area contributed by atoms with Gasteiger partial charge in [-0.05, 0) is 66.2 Å². The number of nitrogens with zero attached hydrogens (tertiary/aromatic N) is 1. The zero-order chi connectivity index (χ0) is 21.1. The molecule has 0 radical (unpaired) electrons. The maximum absolute atomic E-state index is 6.69. The number of hydrogen-bond donors (Lipinski definition) is 0. The summed E-state index contributed by atoms with van der Waals surface area (Å²) < 4.78 is 8.92. The van der Waals surface area contributed by atoms with Gasteiger partial charge in [0.05, 0.1) is 5.56 Å². The van der Waals surface area contributed by atoms with Crippen LogP contribution in [-0.4, -0.2) is 0 Å². The van der Waals surface area contributed by atoms with Gasteiger partial charge in [-0.1, -0.05) is 46.8 Å². The van der Waals surface area contributed by atoms with E-state index in [2.05, 4.69) is 90.5 Å². The summed E-state index contributed by atoms with van der Waals surface area (Å²) in [5.74, 6) is 2.64. The third-order valence-corrected chi connectivity index (χ3v) is 5.95. The Labute approximate surface area is 175 Å². The first-order valence-electron chi connectivity index (χ1n) is 10.8. The maximum Gasteiger partial charge on any atom is 0.256 e. The molecule has 0 bridgehead atoms. The fourth-order valence-corrected chi connectivity index (χ4v) is 4.67. The molecular weight excluding hydrogens is 354 g/mol. The lowest BCUT2D eigenvalue weighted by Gasteiger charge is -2.25. The molecular formula is C27H34NO+. The molecule has 3 aromatic rings. The van der Waals surface area contributed by atoms with E-state index in [1.807, 2.05) is 0 Å². The first kappa shape index (κ1) is 19.9. The molecule has 2 aromatic carbocycles. The van der Waals surface area contributed by atoms with Gasteiger partial charge in [0.1, 0.15) is 12.8 Å². The highest BCUT2D eigenvalue weighted by atomic mass is 16.5. The molecule has 0 amide bonds. The third kappa shape index (κ3) is 3.54. The molecule has 2 nitrogen and oxygen atoms in total. The lowest BCUT2D eigenvalue weighted by molar-refractivity contribution is -0.660. The molecule has 152 valence electrons. The molecule has 1 aromatic heterocycles. The van der Waals surface area contributed by atoms with E-state index in [4.69, 9.17) is 4.74 Å². The van der Waals surface area contributed by atoms with Crippen LogP contribution in [-0.2, 0) is 19.9 Å². The van der Waals surface area contributed by atoms with E-state index in [0.29, 0.717) is 5.92 Å². The van der Waals surface area contributed by atoms with Gasteiger partial charge >= 0.3 is 0 Å². The number of ether oxygens (including phenoxy) is 1. The van der Waals surface area contributed by atoms with Crippen molar-refractivity contribution >= 4 is 10.8 Å². The van der Waals surface area contributed by atoms with Crippen LogP contribution in [0.15, 0.2) is 30.5 Å². The van der Waals surface area contributed by atoms with Crippen LogP contribution in [0.5, 0.6) is 11.5 Å². The second kappa shape index (κ2) is 6.86. The van der Waals surface area contributed by atoms with E-state index in [1.54, 1.807) is 0 Å². The van der Waals surface area contributed by atoms with Crippen LogP contribution in [0.2, 0.25) is 0 Å². The zero-order valence-electron chi connectivity index (χ0n) is 19.2. The van der Waals surface area contributed by atoms with Gasteiger partial charge < -0.3 is 4.74 Å². The molecule has 29 heavy (non-hydrogen) atoms. The van der Waals surface area contributed by atoms with Gasteiger partial charge in [-0.15, -0.1) is 0 Å². The van der Waals surface area contributed by atoms with Crippen LogP contribution in [0.4, 0.5) is 0 Å². The highest BCUT2D eigenvalue weighted by Gasteiger charge is 2.32. The minimum Gasteiger partial charge on any atom is -0.449 e. The number of pyridine rings is 1. The molecule has 0 saturated carbocycles. The van der Waals surface area contributed by atoms with E-state index in [9.17, 15) is 0 Å². The molecule has 0 N–H and O–H groups in total. The molecule has 0 saturated heterocycles. The molecule has 1 aliphatic rings. The van der Waals surface area contributed by atoms with Gasteiger partial charge in [-0.25, -0.2) is 0 Å². The monoisotopic (exact) mass is 388 g/mol. The van der Waals surface area contributed by atoms with Crippen LogP contribution in [0, 0.1) is 25.2 Å².